The lowest BCUT2D eigenvalue weighted by atomic mass is 9.77. The lowest BCUT2D eigenvalue weighted by Gasteiger charge is -2.32. The lowest BCUT2D eigenvalue weighted by molar-refractivity contribution is -0.387. The highest BCUT2D eigenvalue weighted by molar-refractivity contribution is 9.10. The van der Waals surface area contributed by atoms with Crippen LogP contribution < -0.4 is 11.0 Å². The molecule has 117 heavy (non-hydrogen) atoms. The van der Waals surface area contributed by atoms with Crippen LogP contribution in [0.3, 0.4) is 0 Å². The summed E-state index contributed by atoms with van der Waals surface area (Å²) in [4.78, 5) is 66.2. The smallest absolute Gasteiger partial charge is 0.399 e. The van der Waals surface area contributed by atoms with Gasteiger partial charge < -0.3 is 42.8 Å². The molecule has 17 aromatic rings. The van der Waals surface area contributed by atoms with Crippen molar-refractivity contribution in [2.45, 2.75) is 151 Å². The van der Waals surface area contributed by atoms with Crippen LogP contribution >= 0.6 is 66.5 Å². The number of nitro groups is 1. The van der Waals surface area contributed by atoms with E-state index in [1.165, 1.54) is 0 Å². The van der Waals surface area contributed by atoms with Gasteiger partial charge in [0, 0.05) is 83.3 Å². The molecule has 1 saturated heterocycles. The minimum Gasteiger partial charge on any atom is -0.399 e. The fourth-order valence-electron chi connectivity index (χ4n) is 14.1. The van der Waals surface area contributed by atoms with E-state index in [2.05, 4.69) is 188 Å². The Labute approximate surface area is 702 Å². The average Bonchev–Trinajstić information content (AvgIpc) is 1.61. The predicted octanol–water partition coefficient (Wildman–Crippen LogP) is 24.2. The summed E-state index contributed by atoms with van der Waals surface area (Å²) in [5, 5.41) is 27.4. The highest BCUT2D eigenvalue weighted by Gasteiger charge is 2.52. The molecule has 1 aliphatic rings. The van der Waals surface area contributed by atoms with E-state index in [9.17, 15) is 23.9 Å². The van der Waals surface area contributed by atoms with Gasteiger partial charge in [0.25, 0.3) is 5.56 Å². The van der Waals surface area contributed by atoms with Gasteiger partial charge in [-0.3, -0.25) is 29.4 Å². The van der Waals surface area contributed by atoms with Gasteiger partial charge in [0.15, 0.2) is 0 Å². The zero-order chi connectivity index (χ0) is 82.1. The zero-order valence-electron chi connectivity index (χ0n) is 64.9. The molecule has 0 aliphatic carbocycles. The van der Waals surface area contributed by atoms with Crippen LogP contribution in [-0.2, 0) is 13.9 Å². The van der Waals surface area contributed by atoms with E-state index in [0.29, 0.717) is 37.9 Å². The number of nitrogens with zero attached hydrogens (tertiary/aromatic N) is 11. The van der Waals surface area contributed by atoms with Gasteiger partial charge in [-0.1, -0.05) is 102 Å². The number of aryl methyl sites for hydroxylation is 13. The van der Waals surface area contributed by atoms with Gasteiger partial charge >= 0.3 is 18.0 Å². The Bertz CT molecular complexity index is 6720. The first-order chi connectivity index (χ1) is 53.8. The van der Waals surface area contributed by atoms with Crippen LogP contribution in [0.5, 0.6) is 0 Å². The number of benzene rings is 6. The summed E-state index contributed by atoms with van der Waals surface area (Å²) in [6, 6.07) is 35.2. The topological polar surface area (TPSA) is 327 Å². The second-order valence-electron chi connectivity index (χ2n) is 28.7. The largest absolute Gasteiger partial charge is 0.495 e. The van der Waals surface area contributed by atoms with Gasteiger partial charge in [-0.05, 0) is 268 Å². The molecule has 11 aromatic heterocycles. The zero-order valence-corrected chi connectivity index (χ0v) is 70.4. The number of fused-ring (bicyclic) bond motifs is 11. The molecular weight excluding hydrogens is 1660 g/mol. The van der Waals surface area contributed by atoms with E-state index < -0.39 is 21.6 Å². The minimum absolute atomic E-state index is 0. The number of halogens is 6. The number of nitrogens with one attached hydrogen (secondary N) is 4. The molecule has 0 bridgehead atoms. The van der Waals surface area contributed by atoms with Gasteiger partial charge in [0.2, 0.25) is 5.82 Å². The summed E-state index contributed by atoms with van der Waals surface area (Å²) >= 11 is 23.3. The van der Waals surface area contributed by atoms with Crippen molar-refractivity contribution >= 4 is 172 Å². The molecule has 0 amide bonds. The third kappa shape index (κ3) is 18.1. The molecule has 32 heteroatoms. The normalized spacial score (nSPS) is 12.7. The molecule has 1 fully saturated rings. The van der Waals surface area contributed by atoms with Crippen LogP contribution in [0.2, 0.25) is 5.15 Å². The number of nitro benzene ring substituents is 1. The molecule has 0 spiro atoms. The van der Waals surface area contributed by atoms with Gasteiger partial charge in [-0.25, -0.2) is 24.9 Å². The number of aromatic amines is 4. The van der Waals surface area contributed by atoms with Crippen LogP contribution in [0.25, 0.3) is 132 Å². The minimum atomic E-state index is -3.22. The molecule has 1 aliphatic heterocycles. The Hall–Kier alpha value is -10.6. The Balaban J connectivity index is 0.000000155. The summed E-state index contributed by atoms with van der Waals surface area (Å²) in [6.07, 6.45) is 3.65. The van der Waals surface area contributed by atoms with Crippen molar-refractivity contribution in [1.82, 2.24) is 70.3 Å². The first-order valence-corrected chi connectivity index (χ1v) is 41.4. The number of hydrogen-bond donors (Lipinski definition) is 4. The molecule has 0 unspecified atom stereocenters. The molecular formula is C85H87BBrCl4FN15O9P. The van der Waals surface area contributed by atoms with E-state index in [0.717, 1.165) is 196 Å². The third-order valence-electron chi connectivity index (χ3n) is 20.1. The van der Waals surface area contributed by atoms with Crippen molar-refractivity contribution in [3.63, 3.8) is 0 Å². The Morgan fingerprint density at radius 3 is 1.38 bits per heavy atom. The van der Waals surface area contributed by atoms with Crippen LogP contribution in [0.1, 0.15) is 124 Å². The van der Waals surface area contributed by atoms with Crippen LogP contribution in [0.4, 0.5) is 10.1 Å². The Kier molecular flexibility index (Phi) is 26.5. The Morgan fingerprint density at radius 1 is 0.504 bits per heavy atom. The van der Waals surface area contributed by atoms with E-state index in [1.807, 2.05) is 135 Å². The van der Waals surface area contributed by atoms with Gasteiger partial charge in [0.1, 0.15) is 56.8 Å². The second kappa shape index (κ2) is 34.9. The molecule has 0 radical (unpaired) electrons. The second-order valence-corrected chi connectivity index (χ2v) is 36.6. The van der Waals surface area contributed by atoms with Crippen molar-refractivity contribution in [2.24, 2.45) is 0 Å². The number of H-pyrrole nitrogens is 4. The van der Waals surface area contributed by atoms with E-state index >= 15 is 0 Å². The lowest BCUT2D eigenvalue weighted by Crippen LogP contribution is -2.41. The third-order valence-corrected chi connectivity index (χ3v) is 21.3. The van der Waals surface area contributed by atoms with Gasteiger partial charge in [-0.2, -0.15) is 4.39 Å². The van der Waals surface area contributed by atoms with Crippen molar-refractivity contribution in [3.8, 4) is 44.6 Å². The van der Waals surface area contributed by atoms with Crippen LogP contribution in [0, 0.1) is 106 Å². The van der Waals surface area contributed by atoms with Crippen molar-refractivity contribution in [1.29, 1.82) is 0 Å². The van der Waals surface area contributed by atoms with Crippen molar-refractivity contribution < 1.29 is 36.8 Å². The summed E-state index contributed by atoms with van der Waals surface area (Å²) < 4.78 is 51.1. The summed E-state index contributed by atoms with van der Waals surface area (Å²) in [5.41, 5.74) is 21.7. The highest BCUT2D eigenvalue weighted by Crippen LogP contribution is 2.61. The van der Waals surface area contributed by atoms with Gasteiger partial charge in [0.05, 0.1) is 66.1 Å². The SMILES string of the molecule is C.C.C.CC1(C)OB(c2ccnc3ccccc23)OC1(C)C.Cc1cc(F)c([N+](=O)[O-])cc1Br.Cc1nc(-c2ccnc3ccccc23)c2c(n1)[nH]c1cc(-c3c(C)noc3C)c(C)cc12.Cc1nc(Cl)c2c(n1)[nH]c1cc(-c3c(C)noc3C)c(C)cc12.Cc1nc2[nH]c3cc(-c4c(C)noc4C)c(C)cc3c2c(=O)[nH]1.O=P(Cl)(Cl)Cl. The predicted molar refractivity (Wildman–Crippen MR) is 474 cm³/mol. The monoisotopic (exact) mass is 1740 g/mol. The molecule has 4 N–H and O–H groups in total. The maximum atomic E-state index is 12.8. The molecule has 606 valence electrons. The molecule has 18 rings (SSSR count). The number of hydrogen-bond acceptors (Lipinski definition) is 19. The first kappa shape index (κ1) is 88.8. The number of para-hydroxylation sites is 2. The maximum Gasteiger partial charge on any atom is 0.495 e. The first-order valence-electron chi connectivity index (χ1n) is 35.8. The molecule has 24 nitrogen and oxygen atoms in total. The summed E-state index contributed by atoms with van der Waals surface area (Å²) in [6.45, 7) is 33.3. The maximum absolute atomic E-state index is 12.8. The molecule has 12 heterocycles. The number of pyridine rings is 2. The summed E-state index contributed by atoms with van der Waals surface area (Å²) in [5.74, 6) is 3.58. The van der Waals surface area contributed by atoms with E-state index in [4.69, 9.17) is 44.4 Å². The fraction of sp³-hybridized carbons (Fsp3) is 0.259. The molecule has 6 aromatic carbocycles. The quantitative estimate of drug-likeness (QED) is 0.0395. The van der Waals surface area contributed by atoms with E-state index in [-0.39, 0.29) is 46.2 Å². The van der Waals surface area contributed by atoms with E-state index in [1.54, 1.807) is 13.8 Å². The van der Waals surface area contributed by atoms with Crippen LogP contribution in [-0.4, -0.2) is 93.5 Å². The fourth-order valence-corrected chi connectivity index (χ4v) is 14.8. The van der Waals surface area contributed by atoms with Crippen LogP contribution in [0.15, 0.2) is 144 Å². The average molecular weight is 1750 g/mol. The standard InChI is InChI=1S/C26H21N5O.C17H15ClN4O.C17H16N4O2.C15H18BNO2.C7H5BrFNO2.3CH4.Cl3OP/c1-13-11-20-22(12-19(13)23-14(2)31-32-15(23)3)30-26-24(20)25(28-16(4)29-26)18-9-10-27-21-8-6-5-7-17(18)21;1-7-5-12-13(6-11(7)14-8(2)22-23-9(14)3)21-17-15(12)16(18)19-10(4)20-17;1-7-5-12-13(6-11(7)14-8(2)21-23-9(14)3)20-16-15(12)17(22)19-10(4)18-16;1-14(2)15(3,4)19-16(18-14)12-9-10-17-13-8-6-5-7-11(12)13;1-4-2-6(9)7(10(11)12)3-5(4)8;;;;1-5(2,3)4/h5-12H,1-4H3,(H,28,29,30);5-6H,1-4H3,(H,19,20,21);5-6H,1-4H3,(H2,18,19,20,22);5-10H,1-4H3;2-3H,1H3;3*1H4;. The number of aromatic nitrogens is 14. The van der Waals surface area contributed by atoms with Crippen molar-refractivity contribution in [2.75, 3.05) is 0 Å². The highest BCUT2D eigenvalue weighted by atomic mass is 79.9. The van der Waals surface area contributed by atoms with Gasteiger partial charge in [-0.15, -0.1) is 0 Å². The molecule has 0 saturated carbocycles. The number of rotatable bonds is 6. The Morgan fingerprint density at radius 2 is 0.915 bits per heavy atom. The summed E-state index contributed by atoms with van der Waals surface area (Å²) in [7, 11) is -0.335. The molecule has 0 atom stereocenters. The van der Waals surface area contributed by atoms with Crippen molar-refractivity contribution in [3.05, 3.63) is 232 Å².